The standard InChI is InChI=1S/C20H21INO2S/c1-14(23)22-21-11-10-17-18-13-16(24-2)8-9-19(18)25-20(17)12-15-6-4-3-5-7-15/h3-9,13H,10-12H2,1-2H3,(H,22,23)/q-1. The molecule has 0 radical (unpaired) electrons. The van der Waals surface area contributed by atoms with E-state index >= 15 is 0 Å². The Bertz CT molecular complexity index is 861. The van der Waals surface area contributed by atoms with Crippen molar-refractivity contribution < 1.29 is 31.0 Å². The number of amides is 1. The predicted octanol–water partition coefficient (Wildman–Crippen LogP) is 1.18. The summed E-state index contributed by atoms with van der Waals surface area (Å²) >= 11 is 1.58. The molecule has 3 rings (SSSR count). The Balaban J connectivity index is 1.90. The molecule has 132 valence electrons. The van der Waals surface area contributed by atoms with E-state index in [4.69, 9.17) is 4.74 Å². The van der Waals surface area contributed by atoms with Crippen LogP contribution in [0.15, 0.2) is 48.5 Å². The van der Waals surface area contributed by atoms with Gasteiger partial charge in [0.15, 0.2) is 0 Å². The first kappa shape index (κ1) is 18.2. The number of alkyl halides is 1. The normalized spacial score (nSPS) is 11.0. The van der Waals surface area contributed by atoms with Gasteiger partial charge in [0.2, 0.25) is 0 Å². The zero-order valence-corrected chi connectivity index (χ0v) is 17.3. The van der Waals surface area contributed by atoms with E-state index in [0.29, 0.717) is 0 Å². The van der Waals surface area contributed by atoms with E-state index in [1.165, 1.54) is 26.1 Å². The molecule has 0 aliphatic carbocycles. The van der Waals surface area contributed by atoms with Gasteiger partial charge in [-0.15, -0.1) is 0 Å². The van der Waals surface area contributed by atoms with Crippen LogP contribution in [-0.2, 0) is 17.6 Å². The van der Waals surface area contributed by atoms with Gasteiger partial charge in [0.25, 0.3) is 0 Å². The molecule has 1 aromatic heterocycles. The second kappa shape index (κ2) is 8.67. The molecule has 0 spiro atoms. The maximum absolute atomic E-state index is 11.1. The quantitative estimate of drug-likeness (QED) is 0.246. The van der Waals surface area contributed by atoms with Crippen molar-refractivity contribution in [3.8, 4) is 5.75 Å². The fraction of sp³-hybridized carbons (Fsp3) is 0.250. The Kier molecular flexibility index (Phi) is 6.31. The minimum absolute atomic E-state index is 0.0779. The van der Waals surface area contributed by atoms with Crippen LogP contribution in [0.3, 0.4) is 0 Å². The SMILES string of the molecule is COc1ccc2sc(Cc3ccccc3)c(CC[I-]NC(C)=O)c2c1. The van der Waals surface area contributed by atoms with Crippen LogP contribution in [0.25, 0.3) is 10.1 Å². The molecule has 25 heavy (non-hydrogen) atoms. The molecule has 0 atom stereocenters. The molecule has 0 bridgehead atoms. The number of halogens is 1. The molecule has 0 aliphatic rings. The average molecular weight is 466 g/mol. The Morgan fingerprint density at radius 1 is 1.20 bits per heavy atom. The molecule has 0 aliphatic heterocycles. The third kappa shape index (κ3) is 4.73. The maximum atomic E-state index is 11.1. The molecule has 2 aromatic carbocycles. The average Bonchev–Trinajstić information content (AvgIpc) is 2.95. The second-order valence-corrected chi connectivity index (χ2v) is 9.27. The fourth-order valence-electron chi connectivity index (χ4n) is 2.79. The van der Waals surface area contributed by atoms with Crippen molar-refractivity contribution in [2.75, 3.05) is 11.5 Å². The van der Waals surface area contributed by atoms with Gasteiger partial charge in [0, 0.05) is 0 Å². The molecule has 0 saturated heterocycles. The first-order valence-electron chi connectivity index (χ1n) is 8.14. The molecular weight excluding hydrogens is 445 g/mol. The van der Waals surface area contributed by atoms with E-state index in [0.717, 1.165) is 23.0 Å². The van der Waals surface area contributed by atoms with Crippen molar-refractivity contribution >= 4 is 27.3 Å². The van der Waals surface area contributed by atoms with Crippen molar-refractivity contribution in [1.82, 2.24) is 3.53 Å². The number of fused-ring (bicyclic) bond motifs is 1. The number of methoxy groups -OCH3 is 1. The fourth-order valence-corrected chi connectivity index (χ4v) is 5.67. The number of carbonyl (C=O) groups is 1. The van der Waals surface area contributed by atoms with Crippen LogP contribution in [0, 0.1) is 0 Å². The number of benzene rings is 2. The number of hydrogen-bond donors (Lipinski definition) is 1. The summed E-state index contributed by atoms with van der Waals surface area (Å²) in [5, 5.41) is 1.29. The van der Waals surface area contributed by atoms with Gasteiger partial charge in [-0.25, -0.2) is 0 Å². The zero-order valence-electron chi connectivity index (χ0n) is 14.3. The van der Waals surface area contributed by atoms with E-state index in [1.807, 2.05) is 17.4 Å². The summed E-state index contributed by atoms with van der Waals surface area (Å²) in [5.41, 5.74) is 2.74. The molecule has 3 aromatic rings. The van der Waals surface area contributed by atoms with Gasteiger partial charge in [0.05, 0.1) is 0 Å². The Labute approximate surface area is 163 Å². The molecule has 0 fully saturated rings. The minimum atomic E-state index is -0.290. The van der Waals surface area contributed by atoms with E-state index in [2.05, 4.69) is 46.0 Å². The second-order valence-electron chi connectivity index (χ2n) is 5.75. The summed E-state index contributed by atoms with van der Waals surface area (Å²) in [5.74, 6) is 0.975. The number of nitrogens with one attached hydrogen (secondary N) is 1. The van der Waals surface area contributed by atoms with Crippen LogP contribution in [-0.4, -0.2) is 17.4 Å². The molecule has 1 heterocycles. The van der Waals surface area contributed by atoms with Crippen LogP contribution in [0.4, 0.5) is 0 Å². The van der Waals surface area contributed by atoms with Crippen molar-refractivity contribution in [1.29, 1.82) is 0 Å². The Morgan fingerprint density at radius 2 is 2.00 bits per heavy atom. The number of aryl methyl sites for hydroxylation is 1. The van der Waals surface area contributed by atoms with E-state index in [1.54, 1.807) is 14.0 Å². The number of rotatable bonds is 7. The third-order valence-electron chi connectivity index (χ3n) is 3.93. The Morgan fingerprint density at radius 3 is 2.72 bits per heavy atom. The van der Waals surface area contributed by atoms with Crippen LogP contribution in [0.2, 0.25) is 0 Å². The molecule has 0 unspecified atom stereocenters. The van der Waals surface area contributed by atoms with E-state index in [-0.39, 0.29) is 27.4 Å². The number of ether oxygens (including phenoxy) is 1. The number of carbonyl (C=O) groups excluding carboxylic acids is 1. The predicted molar refractivity (Wildman–Crippen MR) is 100 cm³/mol. The Hall–Kier alpha value is -1.60. The first-order valence-corrected chi connectivity index (χ1v) is 11.6. The van der Waals surface area contributed by atoms with Gasteiger partial charge >= 0.3 is 163 Å². The molecule has 5 heteroatoms. The monoisotopic (exact) mass is 466 g/mol. The number of thiophene rings is 1. The summed E-state index contributed by atoms with van der Waals surface area (Å²) in [6, 6.07) is 16.9. The number of hydrogen-bond acceptors (Lipinski definition) is 3. The molecular formula is C20H21INO2S-. The zero-order chi connectivity index (χ0) is 17.6. The molecule has 0 saturated carbocycles. The summed E-state index contributed by atoms with van der Waals surface area (Å²) in [6.07, 6.45) is 1.96. The van der Waals surface area contributed by atoms with E-state index < -0.39 is 0 Å². The van der Waals surface area contributed by atoms with Crippen LogP contribution < -0.4 is 29.7 Å². The summed E-state index contributed by atoms with van der Waals surface area (Å²) in [4.78, 5) is 12.5. The van der Waals surface area contributed by atoms with Crippen molar-refractivity contribution in [2.45, 2.75) is 19.8 Å². The van der Waals surface area contributed by atoms with Crippen LogP contribution >= 0.6 is 11.3 Å². The van der Waals surface area contributed by atoms with Crippen LogP contribution in [0.1, 0.15) is 22.9 Å². The van der Waals surface area contributed by atoms with Gasteiger partial charge in [-0.2, -0.15) is 0 Å². The van der Waals surface area contributed by atoms with E-state index in [9.17, 15) is 4.79 Å². The molecule has 1 amide bonds. The van der Waals surface area contributed by atoms with Crippen molar-refractivity contribution in [3.05, 3.63) is 64.5 Å². The molecule has 3 nitrogen and oxygen atoms in total. The topological polar surface area (TPSA) is 38.3 Å². The van der Waals surface area contributed by atoms with Gasteiger partial charge in [-0.1, -0.05) is 0 Å². The summed E-state index contributed by atoms with van der Waals surface area (Å²) in [6.45, 7) is 1.59. The van der Waals surface area contributed by atoms with Gasteiger partial charge < -0.3 is 0 Å². The van der Waals surface area contributed by atoms with Gasteiger partial charge in [-0.3, -0.25) is 0 Å². The molecule has 1 N–H and O–H groups in total. The van der Waals surface area contributed by atoms with Gasteiger partial charge in [-0.05, 0) is 0 Å². The van der Waals surface area contributed by atoms with Crippen molar-refractivity contribution in [2.24, 2.45) is 0 Å². The first-order chi connectivity index (χ1) is 12.2. The van der Waals surface area contributed by atoms with Gasteiger partial charge in [0.1, 0.15) is 0 Å². The van der Waals surface area contributed by atoms with Crippen molar-refractivity contribution in [3.63, 3.8) is 0 Å². The van der Waals surface area contributed by atoms with Crippen LogP contribution in [0.5, 0.6) is 5.75 Å². The third-order valence-corrected chi connectivity index (χ3v) is 7.36. The summed E-state index contributed by atoms with van der Waals surface area (Å²) < 4.78 is 10.8. The summed E-state index contributed by atoms with van der Waals surface area (Å²) in [7, 11) is 1.71.